The molecule has 6 heteroatoms. The Morgan fingerprint density at radius 3 is 0.955 bits per heavy atom. The van der Waals surface area contributed by atoms with Crippen LogP contribution in [-0.2, 0) is 4.79 Å². The van der Waals surface area contributed by atoms with Gasteiger partial charge in [0, 0.05) is 0 Å². The Morgan fingerprint density at radius 1 is 0.364 bits per heavy atom. The lowest BCUT2D eigenvalue weighted by atomic mass is 10.00. The van der Waals surface area contributed by atoms with Gasteiger partial charge in [0.25, 0.3) is 0 Å². The molecule has 0 rings (SSSR count). The van der Waals surface area contributed by atoms with Crippen LogP contribution < -0.4 is 5.32 Å². The number of aliphatic hydroxyl groups excluding tert-OH is 4. The number of hydrogen-bond donors (Lipinski definition) is 5. The summed E-state index contributed by atoms with van der Waals surface area (Å²) in [6.45, 7) is 4.07. The van der Waals surface area contributed by atoms with Crippen LogP contribution in [-0.4, -0.2) is 57.3 Å². The second kappa shape index (κ2) is 54.2. The van der Waals surface area contributed by atoms with Crippen LogP contribution in [0.4, 0.5) is 0 Å². The van der Waals surface area contributed by atoms with Gasteiger partial charge in [-0.2, -0.15) is 0 Å². The Hall–Kier alpha value is -1.73. The summed E-state index contributed by atoms with van der Waals surface area (Å²) >= 11 is 0. The molecule has 0 fully saturated rings. The molecule has 0 aromatic heterocycles. The summed E-state index contributed by atoms with van der Waals surface area (Å²) in [6.07, 6.45) is 69.0. The van der Waals surface area contributed by atoms with Gasteiger partial charge in [0.2, 0.25) is 5.91 Å². The van der Waals surface area contributed by atoms with E-state index in [2.05, 4.69) is 67.8 Å². The van der Waals surface area contributed by atoms with Gasteiger partial charge in [-0.25, -0.2) is 0 Å². The molecular formula is C60H113NO5. The molecule has 0 saturated heterocycles. The fraction of sp³-hybridized carbons (Fsp3) is 0.850. The second-order valence-corrected chi connectivity index (χ2v) is 20.0. The third-order valence-electron chi connectivity index (χ3n) is 13.5. The van der Waals surface area contributed by atoms with Crippen molar-refractivity contribution >= 4 is 5.91 Å². The van der Waals surface area contributed by atoms with Crippen LogP contribution in [0.25, 0.3) is 0 Å². The van der Waals surface area contributed by atoms with Crippen LogP contribution in [0.1, 0.15) is 296 Å². The molecule has 0 aromatic rings. The van der Waals surface area contributed by atoms with Gasteiger partial charge in [0.1, 0.15) is 12.2 Å². The molecule has 0 radical (unpaired) electrons. The molecule has 66 heavy (non-hydrogen) atoms. The molecule has 5 N–H and O–H groups in total. The highest BCUT2D eigenvalue weighted by Crippen LogP contribution is 2.17. The number of unbranched alkanes of at least 4 members (excludes halogenated alkanes) is 36. The minimum absolute atomic E-state index is 0.357. The van der Waals surface area contributed by atoms with E-state index in [0.717, 1.165) is 51.4 Å². The Bertz CT molecular complexity index is 1090. The number of allylic oxidation sites excluding steroid dienone is 8. The quantitative estimate of drug-likeness (QED) is 0.0308. The maximum Gasteiger partial charge on any atom is 0.249 e. The zero-order valence-corrected chi connectivity index (χ0v) is 43.9. The van der Waals surface area contributed by atoms with Gasteiger partial charge in [-0.15, -0.1) is 0 Å². The number of carbonyl (C=O) groups is 1. The van der Waals surface area contributed by atoms with Crippen molar-refractivity contribution in [1.29, 1.82) is 0 Å². The van der Waals surface area contributed by atoms with E-state index in [9.17, 15) is 25.2 Å². The molecule has 1 amide bonds. The first-order valence-corrected chi connectivity index (χ1v) is 29.0. The van der Waals surface area contributed by atoms with E-state index in [1.165, 1.54) is 212 Å². The summed E-state index contributed by atoms with van der Waals surface area (Å²) in [5.74, 6) is -0.598. The summed E-state index contributed by atoms with van der Waals surface area (Å²) in [5.41, 5.74) is 0. The SMILES string of the molecule is CCCCCCCCCCCCC/C=C/CC/C=C/CC/C=C/CCCC(O)C(O)C(CO)NC(=O)C(O)CCCCCCCCCCCC/C=C\CCCCCCCCCCCCCC. The average Bonchev–Trinajstić information content (AvgIpc) is 3.32. The minimum Gasteiger partial charge on any atom is -0.394 e. The number of hydrogen-bond acceptors (Lipinski definition) is 5. The summed E-state index contributed by atoms with van der Waals surface area (Å²) in [4.78, 5) is 12.6. The number of nitrogens with one attached hydrogen (secondary N) is 1. The molecule has 0 saturated carbocycles. The lowest BCUT2D eigenvalue weighted by Crippen LogP contribution is -2.53. The summed E-state index contributed by atoms with van der Waals surface area (Å²) < 4.78 is 0. The van der Waals surface area contributed by atoms with E-state index in [-0.39, 0.29) is 0 Å². The molecule has 4 unspecified atom stereocenters. The number of amides is 1. The van der Waals surface area contributed by atoms with E-state index >= 15 is 0 Å². The van der Waals surface area contributed by atoms with Crippen molar-refractivity contribution < 1.29 is 25.2 Å². The first-order chi connectivity index (χ1) is 32.5. The van der Waals surface area contributed by atoms with Crippen molar-refractivity contribution in [2.24, 2.45) is 0 Å². The summed E-state index contributed by atoms with van der Waals surface area (Å²) in [5, 5.41) is 44.0. The van der Waals surface area contributed by atoms with Gasteiger partial charge in [-0.3, -0.25) is 4.79 Å². The average molecular weight is 929 g/mol. The van der Waals surface area contributed by atoms with Gasteiger partial charge in [-0.05, 0) is 89.9 Å². The predicted octanol–water partition coefficient (Wildman–Crippen LogP) is 17.0. The van der Waals surface area contributed by atoms with Crippen molar-refractivity contribution in [3.05, 3.63) is 48.6 Å². The Labute approximate surface area is 410 Å². The van der Waals surface area contributed by atoms with E-state index in [4.69, 9.17) is 0 Å². The van der Waals surface area contributed by atoms with Gasteiger partial charge in [-0.1, -0.05) is 255 Å². The molecule has 0 aliphatic carbocycles. The first kappa shape index (κ1) is 64.3. The number of aliphatic hydroxyl groups is 4. The third-order valence-corrected chi connectivity index (χ3v) is 13.5. The normalized spacial score (nSPS) is 14.1. The topological polar surface area (TPSA) is 110 Å². The van der Waals surface area contributed by atoms with Crippen molar-refractivity contribution in [1.82, 2.24) is 5.32 Å². The molecule has 4 atom stereocenters. The van der Waals surface area contributed by atoms with Crippen LogP contribution in [0, 0.1) is 0 Å². The molecule has 0 aliphatic heterocycles. The number of carbonyl (C=O) groups excluding carboxylic acids is 1. The zero-order chi connectivity index (χ0) is 48.1. The molecule has 0 spiro atoms. The molecule has 0 bridgehead atoms. The largest absolute Gasteiger partial charge is 0.394 e. The summed E-state index contributed by atoms with van der Waals surface area (Å²) in [6, 6.07) is -1.01. The molecule has 388 valence electrons. The lowest BCUT2D eigenvalue weighted by molar-refractivity contribution is -0.132. The van der Waals surface area contributed by atoms with Crippen molar-refractivity contribution in [3.8, 4) is 0 Å². The molecule has 0 aromatic carbocycles. The highest BCUT2D eigenvalue weighted by atomic mass is 16.3. The van der Waals surface area contributed by atoms with Gasteiger partial charge < -0.3 is 25.7 Å². The smallest absolute Gasteiger partial charge is 0.249 e. The van der Waals surface area contributed by atoms with Crippen LogP contribution in [0.5, 0.6) is 0 Å². The van der Waals surface area contributed by atoms with Gasteiger partial charge in [0.15, 0.2) is 0 Å². The van der Waals surface area contributed by atoms with Crippen LogP contribution in [0.3, 0.4) is 0 Å². The standard InChI is InChI=1S/C60H113NO5/c1-3-5-7-9-11-13-15-17-19-21-23-25-27-29-30-32-34-36-38-40-42-44-46-48-50-52-54-58(64)60(66)61-56(55-62)59(65)57(63)53-51-49-47-45-43-41-39-37-35-33-31-28-26-24-22-20-18-16-14-12-10-8-6-4-2/h28-31,37,39,45,47,56-59,62-65H,3-27,32-36,38,40-44,46,48-55H2,1-2H3,(H,61,66)/b30-29-,31-28+,39-37+,47-45+. The van der Waals surface area contributed by atoms with Crippen molar-refractivity contribution in [3.63, 3.8) is 0 Å². The Morgan fingerprint density at radius 2 is 0.636 bits per heavy atom. The maximum absolute atomic E-state index is 12.6. The minimum atomic E-state index is -1.30. The zero-order valence-electron chi connectivity index (χ0n) is 43.9. The Kier molecular flexibility index (Phi) is 52.8. The number of rotatable bonds is 53. The predicted molar refractivity (Wildman–Crippen MR) is 288 cm³/mol. The highest BCUT2D eigenvalue weighted by molar-refractivity contribution is 5.80. The molecular weight excluding hydrogens is 815 g/mol. The Balaban J connectivity index is 3.70. The van der Waals surface area contributed by atoms with Crippen molar-refractivity contribution in [2.45, 2.75) is 321 Å². The van der Waals surface area contributed by atoms with E-state index in [0.29, 0.717) is 19.3 Å². The molecule has 0 aliphatic rings. The second-order valence-electron chi connectivity index (χ2n) is 20.0. The molecule has 6 nitrogen and oxygen atoms in total. The van der Waals surface area contributed by atoms with E-state index in [1.54, 1.807) is 0 Å². The summed E-state index contributed by atoms with van der Waals surface area (Å²) in [7, 11) is 0. The van der Waals surface area contributed by atoms with Gasteiger partial charge in [0.05, 0.1) is 18.8 Å². The fourth-order valence-corrected chi connectivity index (χ4v) is 8.90. The third kappa shape index (κ3) is 47.3. The van der Waals surface area contributed by atoms with Crippen LogP contribution in [0.15, 0.2) is 48.6 Å². The molecule has 0 heterocycles. The monoisotopic (exact) mass is 928 g/mol. The first-order valence-electron chi connectivity index (χ1n) is 29.0. The van der Waals surface area contributed by atoms with Crippen molar-refractivity contribution in [2.75, 3.05) is 6.61 Å². The van der Waals surface area contributed by atoms with Crippen LogP contribution >= 0.6 is 0 Å². The van der Waals surface area contributed by atoms with E-state index in [1.807, 2.05) is 0 Å². The van der Waals surface area contributed by atoms with Crippen LogP contribution in [0.2, 0.25) is 0 Å². The highest BCUT2D eigenvalue weighted by Gasteiger charge is 2.28. The lowest BCUT2D eigenvalue weighted by Gasteiger charge is -2.27. The fourth-order valence-electron chi connectivity index (χ4n) is 8.90. The van der Waals surface area contributed by atoms with E-state index < -0.39 is 36.9 Å². The maximum atomic E-state index is 12.6. The van der Waals surface area contributed by atoms with Gasteiger partial charge >= 0.3 is 0 Å².